The van der Waals surface area contributed by atoms with Gasteiger partial charge < -0.3 is 4.52 Å². The standard InChI is InChI=1S/C17H33N8OP3/c1-2-5-17(6-3-1)25-7-4-16-26-29(25)19-27(21-8-9-21,22-10-11-22)18-28(20-29,23-12-13-23)24-14-15-24/h17H,1-16H2. The Hall–Kier alpha value is 0.450. The molecular formula is C17H33N8OP3. The highest BCUT2D eigenvalue weighted by Gasteiger charge is 2.58. The fourth-order valence-corrected chi connectivity index (χ4v) is 20.0. The third-order valence-corrected chi connectivity index (χ3v) is 19.1. The van der Waals surface area contributed by atoms with Crippen LogP contribution in [0.4, 0.5) is 0 Å². The van der Waals surface area contributed by atoms with E-state index in [1.54, 1.807) is 0 Å². The van der Waals surface area contributed by atoms with Crippen molar-refractivity contribution in [2.24, 2.45) is 13.5 Å². The Kier molecular flexibility index (Phi) is 4.40. The first-order chi connectivity index (χ1) is 14.2. The van der Waals surface area contributed by atoms with E-state index in [1.165, 1.54) is 32.1 Å². The monoisotopic (exact) mass is 458 g/mol. The molecule has 29 heavy (non-hydrogen) atoms. The number of rotatable bonds is 5. The van der Waals surface area contributed by atoms with Gasteiger partial charge in [-0.1, -0.05) is 19.3 Å². The smallest absolute Gasteiger partial charge is 0.282 e. The van der Waals surface area contributed by atoms with Crippen molar-refractivity contribution < 1.29 is 4.52 Å². The summed E-state index contributed by atoms with van der Waals surface area (Å²) in [5.74, 6) is 0. The Balaban J connectivity index is 1.45. The van der Waals surface area contributed by atoms with Crippen molar-refractivity contribution in [2.45, 2.75) is 44.6 Å². The molecule has 1 unspecified atom stereocenters. The second-order valence-corrected chi connectivity index (χ2v) is 17.7. The van der Waals surface area contributed by atoms with Gasteiger partial charge in [0.1, 0.15) is 0 Å². The maximum atomic E-state index is 6.79. The normalized spacial score (nSPS) is 40.1. The van der Waals surface area contributed by atoms with E-state index in [4.69, 9.17) is 18.1 Å². The van der Waals surface area contributed by atoms with Gasteiger partial charge in [0.25, 0.3) is 7.58 Å². The molecule has 1 saturated carbocycles. The SMILES string of the molecule is C1CCC(N2CCCOP23=NP(N2CC2)(N2CC2)=NP(N2CC2)(N2CC2)=N3)CC1. The van der Waals surface area contributed by atoms with Crippen LogP contribution in [0.15, 0.2) is 13.5 Å². The molecule has 0 bridgehead atoms. The van der Waals surface area contributed by atoms with Crippen molar-refractivity contribution in [1.82, 2.24) is 23.4 Å². The average molecular weight is 458 g/mol. The van der Waals surface area contributed by atoms with E-state index in [-0.39, 0.29) is 0 Å². The minimum absolute atomic E-state index is 0.610. The highest BCUT2D eigenvalue weighted by molar-refractivity contribution is 7.82. The topological polar surface area (TPSA) is 61.6 Å². The van der Waals surface area contributed by atoms with Crippen molar-refractivity contribution >= 4 is 22.6 Å². The first kappa shape index (κ1) is 19.0. The summed E-state index contributed by atoms with van der Waals surface area (Å²) >= 11 is 0. The zero-order valence-corrected chi connectivity index (χ0v) is 19.9. The van der Waals surface area contributed by atoms with E-state index >= 15 is 0 Å². The summed E-state index contributed by atoms with van der Waals surface area (Å²) < 4.78 is 37.0. The zero-order valence-electron chi connectivity index (χ0n) is 17.2. The molecule has 7 aliphatic rings. The highest BCUT2D eigenvalue weighted by Crippen LogP contribution is 2.86. The quantitative estimate of drug-likeness (QED) is 0.456. The van der Waals surface area contributed by atoms with Gasteiger partial charge in [-0.3, -0.25) is 0 Å². The first-order valence-corrected chi connectivity index (χ1v) is 16.4. The lowest BCUT2D eigenvalue weighted by Gasteiger charge is -2.46. The predicted molar refractivity (Wildman–Crippen MR) is 118 cm³/mol. The van der Waals surface area contributed by atoms with Crippen molar-refractivity contribution in [2.75, 3.05) is 65.5 Å². The Morgan fingerprint density at radius 3 is 1.69 bits per heavy atom. The molecule has 1 atom stereocenters. The Morgan fingerprint density at radius 1 is 0.586 bits per heavy atom. The van der Waals surface area contributed by atoms with Crippen molar-refractivity contribution in [3.63, 3.8) is 0 Å². The van der Waals surface area contributed by atoms with Gasteiger partial charge in [-0.15, -0.1) is 0 Å². The lowest BCUT2D eigenvalue weighted by Crippen LogP contribution is -2.38. The summed E-state index contributed by atoms with van der Waals surface area (Å²) in [7, 11) is -6.36. The molecule has 9 nitrogen and oxygen atoms in total. The van der Waals surface area contributed by atoms with Gasteiger partial charge in [-0.25, -0.2) is 23.4 Å². The summed E-state index contributed by atoms with van der Waals surface area (Å²) in [6.07, 6.45) is 7.80. The largest absolute Gasteiger partial charge is 0.316 e. The number of hydrogen-bond acceptors (Lipinski definition) is 9. The molecule has 0 aromatic heterocycles. The number of nitrogens with zero attached hydrogens (tertiary/aromatic N) is 8. The van der Waals surface area contributed by atoms with E-state index < -0.39 is 22.6 Å². The van der Waals surface area contributed by atoms with Crippen LogP contribution in [-0.2, 0) is 4.52 Å². The third-order valence-electron chi connectivity index (χ3n) is 7.05. The van der Waals surface area contributed by atoms with Gasteiger partial charge in [-0.2, -0.15) is 13.5 Å². The van der Waals surface area contributed by atoms with Crippen molar-refractivity contribution in [3.8, 4) is 0 Å². The maximum absolute atomic E-state index is 6.79. The second kappa shape index (κ2) is 6.73. The molecule has 6 aliphatic heterocycles. The van der Waals surface area contributed by atoms with Crippen LogP contribution in [0.3, 0.4) is 0 Å². The van der Waals surface area contributed by atoms with E-state index in [2.05, 4.69) is 23.4 Å². The number of hydrogen-bond donors (Lipinski definition) is 0. The Morgan fingerprint density at radius 2 is 1.14 bits per heavy atom. The van der Waals surface area contributed by atoms with Crippen LogP contribution in [0.2, 0.25) is 0 Å². The van der Waals surface area contributed by atoms with Crippen LogP contribution in [0.1, 0.15) is 38.5 Å². The van der Waals surface area contributed by atoms with E-state index in [1.807, 2.05) is 0 Å². The minimum atomic E-state index is -2.34. The van der Waals surface area contributed by atoms with Crippen molar-refractivity contribution in [1.29, 1.82) is 0 Å². The molecule has 6 heterocycles. The van der Waals surface area contributed by atoms with Gasteiger partial charge in [-0.05, 0) is 19.3 Å². The van der Waals surface area contributed by atoms with Crippen LogP contribution in [0.5, 0.6) is 0 Å². The molecule has 12 heteroatoms. The minimum Gasteiger partial charge on any atom is -0.316 e. The third kappa shape index (κ3) is 3.08. The molecule has 6 fully saturated rings. The summed E-state index contributed by atoms with van der Waals surface area (Å²) in [5, 5.41) is 0. The van der Waals surface area contributed by atoms with Gasteiger partial charge >= 0.3 is 0 Å². The first-order valence-electron chi connectivity index (χ1n) is 11.6. The Labute approximate surface area is 174 Å². The van der Waals surface area contributed by atoms with E-state index in [0.717, 1.165) is 71.9 Å². The molecule has 0 N–H and O–H groups in total. The average Bonchev–Trinajstić information content (AvgIpc) is 3.63. The molecule has 162 valence electrons. The predicted octanol–water partition coefficient (Wildman–Crippen LogP) is 4.16. The molecule has 5 saturated heterocycles. The van der Waals surface area contributed by atoms with Crippen molar-refractivity contribution in [3.05, 3.63) is 0 Å². The molecule has 1 spiro atoms. The summed E-state index contributed by atoms with van der Waals surface area (Å²) in [5.41, 5.74) is 0. The zero-order chi connectivity index (χ0) is 19.1. The highest BCUT2D eigenvalue weighted by atomic mass is 31.3. The molecule has 1 aliphatic carbocycles. The second-order valence-electron chi connectivity index (χ2n) is 9.31. The molecule has 0 radical (unpaired) electrons. The molecule has 0 aromatic rings. The lowest BCUT2D eigenvalue weighted by molar-refractivity contribution is 0.177. The van der Waals surface area contributed by atoms with Gasteiger partial charge in [0.2, 0.25) is 15.0 Å². The van der Waals surface area contributed by atoms with E-state index in [9.17, 15) is 0 Å². The van der Waals surface area contributed by atoms with Crippen LogP contribution >= 0.6 is 22.6 Å². The summed E-state index contributed by atoms with van der Waals surface area (Å²) in [4.78, 5) is 0. The van der Waals surface area contributed by atoms with Crippen LogP contribution in [0, 0.1) is 0 Å². The summed E-state index contributed by atoms with van der Waals surface area (Å²) in [6.45, 7) is 11.2. The fraction of sp³-hybridized carbons (Fsp3) is 1.00. The molecule has 7 rings (SSSR count). The molecule has 0 aromatic carbocycles. The molecular weight excluding hydrogens is 425 g/mol. The maximum Gasteiger partial charge on any atom is 0.282 e. The van der Waals surface area contributed by atoms with Crippen LogP contribution in [-0.4, -0.2) is 94.9 Å². The lowest BCUT2D eigenvalue weighted by atomic mass is 9.95. The molecule has 0 amide bonds. The van der Waals surface area contributed by atoms with Gasteiger partial charge in [0.15, 0.2) is 0 Å². The summed E-state index contributed by atoms with van der Waals surface area (Å²) in [6, 6.07) is 0.610. The van der Waals surface area contributed by atoms with Gasteiger partial charge in [0.05, 0.1) is 6.61 Å². The fourth-order valence-electron chi connectivity index (χ4n) is 5.14. The Bertz CT molecular complexity index is 810. The van der Waals surface area contributed by atoms with E-state index in [0.29, 0.717) is 6.04 Å². The van der Waals surface area contributed by atoms with Crippen LogP contribution in [0.25, 0.3) is 0 Å². The van der Waals surface area contributed by atoms with Gasteiger partial charge in [0, 0.05) is 64.9 Å². The van der Waals surface area contributed by atoms with Crippen LogP contribution < -0.4 is 0 Å².